The van der Waals surface area contributed by atoms with Crippen molar-refractivity contribution < 1.29 is 14.3 Å². The van der Waals surface area contributed by atoms with Crippen LogP contribution in [0.15, 0.2) is 42.5 Å². The first-order valence-corrected chi connectivity index (χ1v) is 7.67. The largest absolute Gasteiger partial charge is 0.497 e. The molecule has 2 amide bonds. The van der Waals surface area contributed by atoms with Crippen molar-refractivity contribution in [3.8, 4) is 5.75 Å². The van der Waals surface area contributed by atoms with Crippen LogP contribution in [-0.2, 0) is 4.79 Å². The summed E-state index contributed by atoms with van der Waals surface area (Å²) in [5.41, 5.74) is 3.33. The van der Waals surface area contributed by atoms with Gasteiger partial charge in [0.2, 0.25) is 5.91 Å². The second kappa shape index (κ2) is 7.64. The zero-order valence-electron chi connectivity index (χ0n) is 14.4. The van der Waals surface area contributed by atoms with Crippen LogP contribution >= 0.6 is 0 Å². The lowest BCUT2D eigenvalue weighted by Gasteiger charge is -2.17. The summed E-state index contributed by atoms with van der Waals surface area (Å²) < 4.78 is 5.07. The fraction of sp³-hybridized carbons (Fsp3) is 0.263. The standard InChI is InChI=1S/C19H22N2O3/c1-13-5-6-14(2)17(11-13)20-18(22)12-21(3)19(23)15-7-9-16(24-4)10-8-15/h5-11H,12H2,1-4H3,(H,20,22). The van der Waals surface area contributed by atoms with Gasteiger partial charge in [-0.1, -0.05) is 12.1 Å². The zero-order chi connectivity index (χ0) is 17.7. The Balaban J connectivity index is 1.99. The number of likely N-dealkylation sites (N-methyl/N-ethyl adjacent to an activating group) is 1. The summed E-state index contributed by atoms with van der Waals surface area (Å²) in [6.07, 6.45) is 0. The third kappa shape index (κ3) is 4.35. The van der Waals surface area contributed by atoms with Crippen molar-refractivity contribution in [2.45, 2.75) is 13.8 Å². The molecule has 0 unspecified atom stereocenters. The van der Waals surface area contributed by atoms with Crippen molar-refractivity contribution >= 4 is 17.5 Å². The second-order valence-electron chi connectivity index (χ2n) is 5.76. The molecule has 2 aromatic rings. The molecule has 0 aliphatic heterocycles. The molecule has 0 aromatic heterocycles. The number of carbonyl (C=O) groups is 2. The van der Waals surface area contributed by atoms with Crippen LogP contribution in [0.3, 0.4) is 0 Å². The predicted molar refractivity (Wildman–Crippen MR) is 94.5 cm³/mol. The number of anilines is 1. The molecule has 1 N–H and O–H groups in total. The number of ether oxygens (including phenoxy) is 1. The van der Waals surface area contributed by atoms with E-state index in [0.717, 1.165) is 16.8 Å². The monoisotopic (exact) mass is 326 g/mol. The smallest absolute Gasteiger partial charge is 0.254 e. The van der Waals surface area contributed by atoms with Gasteiger partial charge in [-0.15, -0.1) is 0 Å². The Morgan fingerprint density at radius 3 is 2.38 bits per heavy atom. The Morgan fingerprint density at radius 2 is 1.75 bits per heavy atom. The van der Waals surface area contributed by atoms with Crippen molar-refractivity contribution in [2.24, 2.45) is 0 Å². The fourth-order valence-corrected chi connectivity index (χ4v) is 2.30. The lowest BCUT2D eigenvalue weighted by atomic mass is 10.1. The lowest BCUT2D eigenvalue weighted by Crippen LogP contribution is -2.35. The highest BCUT2D eigenvalue weighted by atomic mass is 16.5. The maximum atomic E-state index is 12.4. The van der Waals surface area contributed by atoms with Crippen molar-refractivity contribution in [1.82, 2.24) is 4.90 Å². The summed E-state index contributed by atoms with van der Waals surface area (Å²) in [6.45, 7) is 3.88. The highest BCUT2D eigenvalue weighted by Crippen LogP contribution is 2.16. The SMILES string of the molecule is COc1ccc(C(=O)N(C)CC(=O)Nc2cc(C)ccc2C)cc1. The molecular weight excluding hydrogens is 304 g/mol. The van der Waals surface area contributed by atoms with Crippen LogP contribution in [-0.4, -0.2) is 37.4 Å². The van der Waals surface area contributed by atoms with Gasteiger partial charge < -0.3 is 15.0 Å². The summed E-state index contributed by atoms with van der Waals surface area (Å²) in [4.78, 5) is 25.9. The number of hydrogen-bond donors (Lipinski definition) is 1. The van der Waals surface area contributed by atoms with Gasteiger partial charge in [-0.3, -0.25) is 9.59 Å². The molecule has 5 heteroatoms. The van der Waals surface area contributed by atoms with Crippen molar-refractivity contribution in [3.63, 3.8) is 0 Å². The maximum Gasteiger partial charge on any atom is 0.254 e. The second-order valence-corrected chi connectivity index (χ2v) is 5.76. The van der Waals surface area contributed by atoms with E-state index < -0.39 is 0 Å². The Bertz CT molecular complexity index is 739. The Hall–Kier alpha value is -2.82. The minimum atomic E-state index is -0.229. The molecule has 24 heavy (non-hydrogen) atoms. The molecule has 0 radical (unpaired) electrons. The van der Waals surface area contributed by atoms with E-state index in [4.69, 9.17) is 4.74 Å². The molecular formula is C19H22N2O3. The summed E-state index contributed by atoms with van der Waals surface area (Å²) in [5.74, 6) is 0.240. The summed E-state index contributed by atoms with van der Waals surface area (Å²) in [5, 5.41) is 2.85. The minimum absolute atomic E-state index is 0.0156. The Labute approximate surface area is 142 Å². The van der Waals surface area contributed by atoms with E-state index >= 15 is 0 Å². The number of hydrogen-bond acceptors (Lipinski definition) is 3. The van der Waals surface area contributed by atoms with Crippen LogP contribution < -0.4 is 10.1 Å². The highest BCUT2D eigenvalue weighted by molar-refractivity contribution is 5.99. The molecule has 5 nitrogen and oxygen atoms in total. The van der Waals surface area contributed by atoms with Gasteiger partial charge >= 0.3 is 0 Å². The number of aryl methyl sites for hydroxylation is 2. The molecule has 2 rings (SSSR count). The van der Waals surface area contributed by atoms with E-state index in [1.54, 1.807) is 38.4 Å². The first kappa shape index (κ1) is 17.5. The van der Waals surface area contributed by atoms with Crippen LogP contribution in [0.1, 0.15) is 21.5 Å². The molecule has 0 saturated carbocycles. The van der Waals surface area contributed by atoms with Gasteiger partial charge in [-0.2, -0.15) is 0 Å². The molecule has 0 spiro atoms. The number of rotatable bonds is 5. The first-order chi connectivity index (χ1) is 11.4. The van der Waals surface area contributed by atoms with Crippen molar-refractivity contribution in [3.05, 3.63) is 59.2 Å². The lowest BCUT2D eigenvalue weighted by molar-refractivity contribution is -0.116. The average Bonchev–Trinajstić information content (AvgIpc) is 2.57. The van der Waals surface area contributed by atoms with Gasteiger partial charge in [0.05, 0.1) is 13.7 Å². The summed E-state index contributed by atoms with van der Waals surface area (Å²) in [6, 6.07) is 12.7. The summed E-state index contributed by atoms with van der Waals surface area (Å²) >= 11 is 0. The zero-order valence-corrected chi connectivity index (χ0v) is 14.4. The average molecular weight is 326 g/mol. The van der Waals surface area contributed by atoms with Crippen LogP contribution in [0, 0.1) is 13.8 Å². The van der Waals surface area contributed by atoms with Crippen molar-refractivity contribution in [1.29, 1.82) is 0 Å². The third-order valence-corrected chi connectivity index (χ3v) is 3.73. The quantitative estimate of drug-likeness (QED) is 0.919. The van der Waals surface area contributed by atoms with E-state index in [-0.39, 0.29) is 18.4 Å². The number of benzene rings is 2. The molecule has 126 valence electrons. The predicted octanol–water partition coefficient (Wildman–Crippen LogP) is 3.02. The molecule has 0 saturated heterocycles. The van der Waals surface area contributed by atoms with E-state index in [1.165, 1.54) is 4.90 Å². The molecule has 0 bridgehead atoms. The highest BCUT2D eigenvalue weighted by Gasteiger charge is 2.15. The van der Waals surface area contributed by atoms with Gasteiger partial charge in [-0.25, -0.2) is 0 Å². The molecule has 0 atom stereocenters. The van der Waals surface area contributed by atoms with Gasteiger partial charge in [0.25, 0.3) is 5.91 Å². The Kier molecular flexibility index (Phi) is 5.58. The molecule has 2 aromatic carbocycles. The maximum absolute atomic E-state index is 12.4. The number of amides is 2. The molecule has 0 aliphatic rings. The molecule has 0 aliphatic carbocycles. The van der Waals surface area contributed by atoms with Crippen LogP contribution in [0.4, 0.5) is 5.69 Å². The van der Waals surface area contributed by atoms with Gasteiger partial charge in [0.15, 0.2) is 0 Å². The number of carbonyl (C=O) groups excluding carboxylic acids is 2. The van der Waals surface area contributed by atoms with E-state index in [9.17, 15) is 9.59 Å². The van der Waals surface area contributed by atoms with Crippen LogP contribution in [0.2, 0.25) is 0 Å². The first-order valence-electron chi connectivity index (χ1n) is 7.67. The van der Waals surface area contributed by atoms with Crippen LogP contribution in [0.25, 0.3) is 0 Å². The van der Waals surface area contributed by atoms with E-state index in [1.807, 2.05) is 32.0 Å². The fourth-order valence-electron chi connectivity index (χ4n) is 2.30. The number of methoxy groups -OCH3 is 1. The molecule has 0 heterocycles. The van der Waals surface area contributed by atoms with E-state index in [2.05, 4.69) is 5.32 Å². The van der Waals surface area contributed by atoms with Gasteiger partial charge in [0.1, 0.15) is 5.75 Å². The van der Waals surface area contributed by atoms with Gasteiger partial charge in [-0.05, 0) is 55.3 Å². The number of nitrogens with zero attached hydrogens (tertiary/aromatic N) is 1. The topological polar surface area (TPSA) is 58.6 Å². The van der Waals surface area contributed by atoms with Crippen LogP contribution in [0.5, 0.6) is 5.75 Å². The normalized spacial score (nSPS) is 10.2. The van der Waals surface area contributed by atoms with E-state index in [0.29, 0.717) is 11.3 Å². The third-order valence-electron chi connectivity index (χ3n) is 3.73. The number of nitrogens with one attached hydrogen (secondary N) is 1. The Morgan fingerprint density at radius 1 is 1.08 bits per heavy atom. The minimum Gasteiger partial charge on any atom is -0.497 e. The molecule has 0 fully saturated rings. The van der Waals surface area contributed by atoms with Gasteiger partial charge in [0, 0.05) is 18.3 Å². The summed E-state index contributed by atoms with van der Waals surface area (Å²) in [7, 11) is 3.18. The van der Waals surface area contributed by atoms with Crippen molar-refractivity contribution in [2.75, 3.05) is 26.0 Å².